The highest BCUT2D eigenvalue weighted by Crippen LogP contribution is 2.44. The fourth-order valence-corrected chi connectivity index (χ4v) is 3.33. The van der Waals surface area contributed by atoms with Crippen molar-refractivity contribution in [2.45, 2.75) is 26.7 Å². The van der Waals surface area contributed by atoms with Crippen molar-refractivity contribution in [1.82, 2.24) is 0 Å². The van der Waals surface area contributed by atoms with Gasteiger partial charge in [-0.2, -0.15) is 0 Å². The first-order chi connectivity index (χ1) is 8.99. The van der Waals surface area contributed by atoms with Crippen LogP contribution in [0.1, 0.15) is 25.3 Å². The predicted octanol–water partition coefficient (Wildman–Crippen LogP) is 2.11. The first kappa shape index (κ1) is 12.2. The third-order valence-electron chi connectivity index (χ3n) is 4.39. The maximum Gasteiger partial charge on any atom is 0.237 e. The lowest BCUT2D eigenvalue weighted by atomic mass is 10.00. The van der Waals surface area contributed by atoms with Gasteiger partial charge in [0, 0.05) is 5.69 Å². The van der Waals surface area contributed by atoms with Crippen molar-refractivity contribution in [1.29, 1.82) is 0 Å². The Balaban J connectivity index is 1.96. The van der Waals surface area contributed by atoms with Crippen LogP contribution in [0.3, 0.4) is 0 Å². The Labute approximate surface area is 112 Å². The topological polar surface area (TPSA) is 63.4 Å². The summed E-state index contributed by atoms with van der Waals surface area (Å²) >= 11 is 0. The number of nitrogens with two attached hydrogens (primary N) is 1. The molecule has 4 heteroatoms. The van der Waals surface area contributed by atoms with Gasteiger partial charge in [0.1, 0.15) is 0 Å². The van der Waals surface area contributed by atoms with Gasteiger partial charge in [-0.1, -0.05) is 6.92 Å². The minimum atomic E-state index is -0.111. The van der Waals surface area contributed by atoms with Crippen LogP contribution < -0.4 is 10.6 Å². The summed E-state index contributed by atoms with van der Waals surface area (Å²) in [6.07, 6.45) is 1.67. The van der Waals surface area contributed by atoms with Crippen molar-refractivity contribution >= 4 is 23.2 Å². The van der Waals surface area contributed by atoms with E-state index >= 15 is 0 Å². The second-order valence-corrected chi connectivity index (χ2v) is 5.84. The molecular formula is C15H18N2O2. The van der Waals surface area contributed by atoms with Gasteiger partial charge in [0.25, 0.3) is 0 Å². The lowest BCUT2D eigenvalue weighted by Gasteiger charge is -2.17. The molecule has 2 unspecified atom stereocenters. The minimum absolute atomic E-state index is 0.0384. The smallest absolute Gasteiger partial charge is 0.237 e. The molecule has 2 atom stereocenters. The molecule has 2 fully saturated rings. The fraction of sp³-hybridized carbons (Fsp3) is 0.467. The zero-order chi connectivity index (χ0) is 13.7. The molecule has 0 radical (unpaired) electrons. The third-order valence-corrected chi connectivity index (χ3v) is 4.39. The highest BCUT2D eigenvalue weighted by Gasteiger charge is 2.52. The number of benzene rings is 1. The number of rotatable bonds is 1. The van der Waals surface area contributed by atoms with E-state index in [-0.39, 0.29) is 23.7 Å². The van der Waals surface area contributed by atoms with Gasteiger partial charge in [0.2, 0.25) is 11.8 Å². The largest absolute Gasteiger partial charge is 0.399 e. The monoisotopic (exact) mass is 258 g/mol. The Morgan fingerprint density at radius 3 is 2.26 bits per heavy atom. The van der Waals surface area contributed by atoms with Crippen LogP contribution in [-0.4, -0.2) is 11.8 Å². The second kappa shape index (κ2) is 4.08. The van der Waals surface area contributed by atoms with Crippen molar-refractivity contribution in [3.8, 4) is 0 Å². The first-order valence-corrected chi connectivity index (χ1v) is 6.73. The van der Waals surface area contributed by atoms with E-state index in [2.05, 4.69) is 6.92 Å². The van der Waals surface area contributed by atoms with Crippen LogP contribution in [0.25, 0.3) is 0 Å². The number of imide groups is 1. The van der Waals surface area contributed by atoms with Crippen molar-refractivity contribution in [2.75, 3.05) is 10.6 Å². The number of carbonyl (C=O) groups excluding carboxylic acids is 2. The summed E-state index contributed by atoms with van der Waals surface area (Å²) in [6, 6.07) is 5.32. The zero-order valence-electron chi connectivity index (χ0n) is 11.2. The maximum absolute atomic E-state index is 12.4. The van der Waals surface area contributed by atoms with Crippen LogP contribution in [0.15, 0.2) is 18.2 Å². The molecule has 2 amide bonds. The fourth-order valence-electron chi connectivity index (χ4n) is 3.33. The number of hydrogen-bond donors (Lipinski definition) is 1. The predicted molar refractivity (Wildman–Crippen MR) is 73.5 cm³/mol. The molecule has 1 saturated heterocycles. The summed E-state index contributed by atoms with van der Waals surface area (Å²) in [7, 11) is 0. The molecule has 2 N–H and O–H groups in total. The molecule has 1 aromatic carbocycles. The van der Waals surface area contributed by atoms with Crippen molar-refractivity contribution < 1.29 is 9.59 Å². The van der Waals surface area contributed by atoms with Gasteiger partial charge in [0.05, 0.1) is 17.5 Å². The Bertz CT molecular complexity index is 543. The number of aryl methyl sites for hydroxylation is 1. The van der Waals surface area contributed by atoms with E-state index < -0.39 is 0 Å². The Hall–Kier alpha value is -1.84. The van der Waals surface area contributed by atoms with Crippen LogP contribution in [-0.2, 0) is 9.59 Å². The Morgan fingerprint density at radius 2 is 1.74 bits per heavy atom. The minimum Gasteiger partial charge on any atom is -0.399 e. The average molecular weight is 258 g/mol. The summed E-state index contributed by atoms with van der Waals surface area (Å²) in [5, 5.41) is 0. The molecule has 19 heavy (non-hydrogen) atoms. The standard InChI is InChI=1S/C15H18N2O2/c1-8-5-11-12(6-8)15(19)17(14(11)18)10-3-4-13(16)9(2)7-10/h3-4,7-8,11-12H,5-6,16H2,1-2H3. The Kier molecular flexibility index (Phi) is 2.62. The van der Waals surface area contributed by atoms with Gasteiger partial charge in [-0.25, -0.2) is 0 Å². The number of nitrogens with zero attached hydrogens (tertiary/aromatic N) is 1. The van der Waals surface area contributed by atoms with E-state index in [1.165, 1.54) is 4.90 Å². The molecule has 1 heterocycles. The van der Waals surface area contributed by atoms with Gasteiger partial charge in [0.15, 0.2) is 0 Å². The first-order valence-electron chi connectivity index (χ1n) is 6.73. The number of nitrogen functional groups attached to an aromatic ring is 1. The molecule has 4 nitrogen and oxygen atoms in total. The lowest BCUT2D eigenvalue weighted by Crippen LogP contribution is -2.32. The van der Waals surface area contributed by atoms with E-state index in [1.807, 2.05) is 13.0 Å². The Morgan fingerprint density at radius 1 is 1.16 bits per heavy atom. The molecule has 3 rings (SSSR count). The number of carbonyl (C=O) groups is 2. The van der Waals surface area contributed by atoms with E-state index in [9.17, 15) is 9.59 Å². The lowest BCUT2D eigenvalue weighted by molar-refractivity contribution is -0.123. The number of anilines is 2. The van der Waals surface area contributed by atoms with E-state index in [0.29, 0.717) is 17.3 Å². The van der Waals surface area contributed by atoms with Crippen LogP contribution >= 0.6 is 0 Å². The zero-order valence-corrected chi connectivity index (χ0v) is 11.2. The molecule has 0 spiro atoms. The van der Waals surface area contributed by atoms with Gasteiger partial charge in [-0.05, 0) is 49.4 Å². The molecule has 100 valence electrons. The van der Waals surface area contributed by atoms with E-state index in [4.69, 9.17) is 5.73 Å². The quantitative estimate of drug-likeness (QED) is 0.620. The van der Waals surface area contributed by atoms with Crippen LogP contribution in [0.2, 0.25) is 0 Å². The van der Waals surface area contributed by atoms with E-state index in [0.717, 1.165) is 18.4 Å². The third kappa shape index (κ3) is 1.74. The summed E-state index contributed by atoms with van der Waals surface area (Å²) in [6.45, 7) is 3.99. The normalized spacial score (nSPS) is 30.0. The van der Waals surface area contributed by atoms with Gasteiger partial charge >= 0.3 is 0 Å². The van der Waals surface area contributed by atoms with Gasteiger partial charge in [-0.15, -0.1) is 0 Å². The molecule has 1 aliphatic heterocycles. The molecular weight excluding hydrogens is 240 g/mol. The highest BCUT2D eigenvalue weighted by atomic mass is 16.2. The molecule has 1 saturated carbocycles. The SMILES string of the molecule is Cc1cc(N2C(=O)C3CC(C)CC3C2=O)ccc1N. The summed E-state index contributed by atoms with van der Waals surface area (Å²) in [4.78, 5) is 26.2. The molecule has 1 aromatic rings. The maximum atomic E-state index is 12.4. The molecule has 2 aliphatic rings. The van der Waals surface area contributed by atoms with Crippen molar-refractivity contribution in [3.63, 3.8) is 0 Å². The number of hydrogen-bond acceptors (Lipinski definition) is 3. The van der Waals surface area contributed by atoms with Crippen LogP contribution in [0.5, 0.6) is 0 Å². The van der Waals surface area contributed by atoms with E-state index in [1.54, 1.807) is 12.1 Å². The van der Waals surface area contributed by atoms with Gasteiger partial charge in [-0.3, -0.25) is 14.5 Å². The average Bonchev–Trinajstić information content (AvgIpc) is 2.84. The molecule has 0 bridgehead atoms. The van der Waals surface area contributed by atoms with Crippen molar-refractivity contribution in [3.05, 3.63) is 23.8 Å². The summed E-state index contributed by atoms with van der Waals surface area (Å²) in [5.74, 6) is 0.172. The summed E-state index contributed by atoms with van der Waals surface area (Å²) in [5.41, 5.74) is 8.00. The van der Waals surface area contributed by atoms with Crippen molar-refractivity contribution in [2.24, 2.45) is 17.8 Å². The number of amides is 2. The molecule has 1 aliphatic carbocycles. The summed E-state index contributed by atoms with van der Waals surface area (Å²) < 4.78 is 0. The van der Waals surface area contributed by atoms with Crippen LogP contribution in [0.4, 0.5) is 11.4 Å². The number of fused-ring (bicyclic) bond motifs is 1. The van der Waals surface area contributed by atoms with Gasteiger partial charge < -0.3 is 5.73 Å². The highest BCUT2D eigenvalue weighted by molar-refractivity contribution is 6.22. The molecule has 0 aromatic heterocycles. The van der Waals surface area contributed by atoms with Crippen LogP contribution in [0, 0.1) is 24.7 Å². The second-order valence-electron chi connectivity index (χ2n) is 5.84.